The van der Waals surface area contributed by atoms with E-state index in [9.17, 15) is 5.11 Å². The molecule has 0 saturated carbocycles. The average Bonchev–Trinajstić information content (AvgIpc) is 2.48. The maximum Gasteiger partial charge on any atom is 0.119 e. The van der Waals surface area contributed by atoms with Gasteiger partial charge in [0.25, 0.3) is 0 Å². The van der Waals surface area contributed by atoms with Crippen LogP contribution in [0.2, 0.25) is 0 Å². The molecule has 0 saturated heterocycles. The first-order valence-electron chi connectivity index (χ1n) is 7.02. The molecule has 1 aliphatic rings. The average molecular weight is 262 g/mol. The standard InChI is InChI=1S/C16H22O3/c1-2-3-11-19-15-8-6-13(7-9-15)16(17)14-5-4-10-18-12-14/h6-9,12,16-17H,2-5,10-11H2,1H3. The third-order valence-corrected chi connectivity index (χ3v) is 3.28. The summed E-state index contributed by atoms with van der Waals surface area (Å²) in [6.07, 6.45) is 5.20. The quantitative estimate of drug-likeness (QED) is 0.796. The third-order valence-electron chi connectivity index (χ3n) is 3.28. The molecule has 1 aliphatic heterocycles. The van der Waals surface area contributed by atoms with Crippen LogP contribution in [0.1, 0.15) is 44.3 Å². The van der Waals surface area contributed by atoms with Gasteiger partial charge in [0, 0.05) is 0 Å². The van der Waals surface area contributed by atoms with Crippen LogP contribution < -0.4 is 4.74 Å². The van der Waals surface area contributed by atoms with Crippen LogP contribution in [0.15, 0.2) is 36.1 Å². The van der Waals surface area contributed by atoms with Gasteiger partial charge in [-0.2, -0.15) is 0 Å². The Labute approximate surface area is 114 Å². The number of unbranched alkanes of at least 4 members (excludes halogenated alkanes) is 1. The molecule has 3 heteroatoms. The van der Waals surface area contributed by atoms with Crippen LogP contribution in [0.5, 0.6) is 5.75 Å². The molecule has 0 radical (unpaired) electrons. The van der Waals surface area contributed by atoms with Gasteiger partial charge in [-0.1, -0.05) is 25.5 Å². The first-order chi connectivity index (χ1) is 9.31. The number of hydrogen-bond acceptors (Lipinski definition) is 3. The predicted octanol–water partition coefficient (Wildman–Crippen LogP) is 3.59. The van der Waals surface area contributed by atoms with Gasteiger partial charge < -0.3 is 14.6 Å². The Morgan fingerprint density at radius 2 is 2.11 bits per heavy atom. The van der Waals surface area contributed by atoms with Crippen molar-refractivity contribution in [3.8, 4) is 5.75 Å². The second-order valence-corrected chi connectivity index (χ2v) is 4.84. The van der Waals surface area contributed by atoms with Gasteiger partial charge in [0.05, 0.1) is 19.5 Å². The number of aliphatic hydroxyl groups is 1. The highest BCUT2D eigenvalue weighted by Gasteiger charge is 2.16. The molecular formula is C16H22O3. The zero-order valence-electron chi connectivity index (χ0n) is 11.5. The van der Waals surface area contributed by atoms with E-state index in [4.69, 9.17) is 9.47 Å². The minimum atomic E-state index is -0.565. The van der Waals surface area contributed by atoms with E-state index in [1.807, 2.05) is 24.3 Å². The maximum atomic E-state index is 10.3. The fraction of sp³-hybridized carbons (Fsp3) is 0.500. The van der Waals surface area contributed by atoms with Crippen LogP contribution in [0.4, 0.5) is 0 Å². The zero-order chi connectivity index (χ0) is 13.5. The molecule has 0 amide bonds. The summed E-state index contributed by atoms with van der Waals surface area (Å²) in [6.45, 7) is 3.64. The fourth-order valence-corrected chi connectivity index (χ4v) is 2.08. The number of ether oxygens (including phenoxy) is 2. The Hall–Kier alpha value is -1.48. The summed E-state index contributed by atoms with van der Waals surface area (Å²) in [6, 6.07) is 7.67. The van der Waals surface area contributed by atoms with Crippen molar-refractivity contribution in [3.63, 3.8) is 0 Å². The Kier molecular flexibility index (Phi) is 5.28. The topological polar surface area (TPSA) is 38.7 Å². The van der Waals surface area contributed by atoms with E-state index in [2.05, 4.69) is 6.92 Å². The van der Waals surface area contributed by atoms with Gasteiger partial charge in [0.15, 0.2) is 0 Å². The molecule has 0 fully saturated rings. The van der Waals surface area contributed by atoms with Gasteiger partial charge >= 0.3 is 0 Å². The minimum Gasteiger partial charge on any atom is -0.501 e. The lowest BCUT2D eigenvalue weighted by Crippen LogP contribution is -2.07. The normalized spacial score (nSPS) is 16.4. The van der Waals surface area contributed by atoms with Crippen LogP contribution in [-0.4, -0.2) is 18.3 Å². The molecule has 3 nitrogen and oxygen atoms in total. The van der Waals surface area contributed by atoms with Crippen molar-refractivity contribution in [1.82, 2.24) is 0 Å². The second-order valence-electron chi connectivity index (χ2n) is 4.84. The summed E-state index contributed by atoms with van der Waals surface area (Å²) in [5.74, 6) is 0.860. The Morgan fingerprint density at radius 1 is 1.32 bits per heavy atom. The van der Waals surface area contributed by atoms with Crippen molar-refractivity contribution in [1.29, 1.82) is 0 Å². The van der Waals surface area contributed by atoms with Crippen molar-refractivity contribution >= 4 is 0 Å². The molecule has 0 aliphatic carbocycles. The lowest BCUT2D eigenvalue weighted by atomic mass is 9.98. The summed E-state index contributed by atoms with van der Waals surface area (Å²) in [7, 11) is 0. The van der Waals surface area contributed by atoms with E-state index in [0.29, 0.717) is 0 Å². The van der Waals surface area contributed by atoms with Crippen LogP contribution in [0.25, 0.3) is 0 Å². The number of aliphatic hydroxyl groups excluding tert-OH is 1. The molecule has 1 unspecified atom stereocenters. The van der Waals surface area contributed by atoms with Crippen molar-refractivity contribution < 1.29 is 14.6 Å². The first-order valence-corrected chi connectivity index (χ1v) is 7.02. The highest BCUT2D eigenvalue weighted by molar-refractivity contribution is 5.32. The molecule has 0 aromatic heterocycles. The molecule has 1 atom stereocenters. The van der Waals surface area contributed by atoms with Crippen molar-refractivity contribution in [2.75, 3.05) is 13.2 Å². The van der Waals surface area contributed by atoms with E-state index in [1.54, 1.807) is 6.26 Å². The summed E-state index contributed by atoms with van der Waals surface area (Å²) in [4.78, 5) is 0. The van der Waals surface area contributed by atoms with E-state index in [0.717, 1.165) is 55.8 Å². The number of hydrogen-bond donors (Lipinski definition) is 1. The summed E-state index contributed by atoms with van der Waals surface area (Å²) in [5.41, 5.74) is 1.84. The summed E-state index contributed by atoms with van der Waals surface area (Å²) < 4.78 is 10.9. The Morgan fingerprint density at radius 3 is 2.74 bits per heavy atom. The minimum absolute atomic E-state index is 0.565. The zero-order valence-corrected chi connectivity index (χ0v) is 11.5. The van der Waals surface area contributed by atoms with E-state index < -0.39 is 6.10 Å². The molecule has 0 bridgehead atoms. The van der Waals surface area contributed by atoms with Crippen molar-refractivity contribution in [2.45, 2.75) is 38.7 Å². The van der Waals surface area contributed by atoms with Gasteiger partial charge in [-0.25, -0.2) is 0 Å². The molecule has 1 aromatic rings. The van der Waals surface area contributed by atoms with Gasteiger partial charge in [-0.15, -0.1) is 0 Å². The van der Waals surface area contributed by atoms with Gasteiger partial charge in [0.1, 0.15) is 11.9 Å². The van der Waals surface area contributed by atoms with E-state index in [-0.39, 0.29) is 0 Å². The van der Waals surface area contributed by atoms with Crippen molar-refractivity contribution in [3.05, 3.63) is 41.7 Å². The molecule has 0 spiro atoms. The number of benzene rings is 1. The molecular weight excluding hydrogens is 240 g/mol. The highest BCUT2D eigenvalue weighted by atomic mass is 16.5. The molecule has 19 heavy (non-hydrogen) atoms. The van der Waals surface area contributed by atoms with Crippen LogP contribution in [0, 0.1) is 0 Å². The predicted molar refractivity (Wildman–Crippen MR) is 75.1 cm³/mol. The summed E-state index contributed by atoms with van der Waals surface area (Å²) in [5, 5.41) is 10.3. The van der Waals surface area contributed by atoms with Crippen molar-refractivity contribution in [2.24, 2.45) is 0 Å². The monoisotopic (exact) mass is 262 g/mol. The lowest BCUT2D eigenvalue weighted by molar-refractivity contribution is 0.170. The van der Waals surface area contributed by atoms with Crippen LogP contribution in [0.3, 0.4) is 0 Å². The Balaban J connectivity index is 1.95. The van der Waals surface area contributed by atoms with E-state index in [1.165, 1.54) is 0 Å². The maximum absolute atomic E-state index is 10.3. The lowest BCUT2D eigenvalue weighted by Gasteiger charge is -2.19. The van der Waals surface area contributed by atoms with Gasteiger partial charge in [-0.05, 0) is 42.5 Å². The molecule has 1 aromatic carbocycles. The molecule has 104 valence electrons. The molecule has 2 rings (SSSR count). The smallest absolute Gasteiger partial charge is 0.119 e. The SMILES string of the molecule is CCCCOc1ccc(C(O)C2=COCCC2)cc1. The van der Waals surface area contributed by atoms with Crippen LogP contribution >= 0.6 is 0 Å². The largest absolute Gasteiger partial charge is 0.501 e. The Bertz CT molecular complexity index is 409. The van der Waals surface area contributed by atoms with Gasteiger partial charge in [-0.3, -0.25) is 0 Å². The third kappa shape index (κ3) is 4.00. The van der Waals surface area contributed by atoms with Gasteiger partial charge in [0.2, 0.25) is 0 Å². The number of rotatable bonds is 6. The first kappa shape index (κ1) is 13.9. The summed E-state index contributed by atoms with van der Waals surface area (Å²) >= 11 is 0. The highest BCUT2D eigenvalue weighted by Crippen LogP contribution is 2.28. The fourth-order valence-electron chi connectivity index (χ4n) is 2.08. The van der Waals surface area contributed by atoms with E-state index >= 15 is 0 Å². The van der Waals surface area contributed by atoms with Crippen LogP contribution in [-0.2, 0) is 4.74 Å². The second kappa shape index (κ2) is 7.19. The molecule has 1 heterocycles. The molecule has 1 N–H and O–H groups in total.